The highest BCUT2D eigenvalue weighted by molar-refractivity contribution is 7.99. The monoisotopic (exact) mass is 312 g/mol. The van der Waals surface area contributed by atoms with Crippen molar-refractivity contribution in [3.05, 3.63) is 15.6 Å². The lowest BCUT2D eigenvalue weighted by molar-refractivity contribution is 0.581. The van der Waals surface area contributed by atoms with Crippen LogP contribution in [0.4, 0.5) is 0 Å². The Morgan fingerprint density at radius 3 is 2.65 bits per heavy atom. The molecule has 2 heterocycles. The summed E-state index contributed by atoms with van der Waals surface area (Å²) >= 11 is 4.06. The molecule has 20 heavy (non-hydrogen) atoms. The van der Waals surface area contributed by atoms with Crippen LogP contribution < -0.4 is 5.32 Å². The van der Waals surface area contributed by atoms with E-state index in [-0.39, 0.29) is 0 Å². The highest BCUT2D eigenvalue weighted by atomic mass is 32.2. The van der Waals surface area contributed by atoms with Gasteiger partial charge < -0.3 is 5.32 Å². The zero-order valence-electron chi connectivity index (χ0n) is 13.2. The van der Waals surface area contributed by atoms with Crippen LogP contribution in [0.1, 0.15) is 67.8 Å². The molecule has 4 heteroatoms. The lowest BCUT2D eigenvalue weighted by Crippen LogP contribution is -2.22. The Morgan fingerprint density at radius 1 is 1.25 bits per heavy atom. The molecule has 1 aromatic heterocycles. The summed E-state index contributed by atoms with van der Waals surface area (Å²) in [7, 11) is 0. The number of aromatic nitrogens is 1. The Morgan fingerprint density at radius 2 is 2.05 bits per heavy atom. The normalized spacial score (nSPS) is 20.0. The maximum atomic E-state index is 5.01. The Kier molecular flexibility index (Phi) is 6.37. The number of hydrogen-bond acceptors (Lipinski definition) is 4. The predicted octanol–water partition coefficient (Wildman–Crippen LogP) is 4.80. The summed E-state index contributed by atoms with van der Waals surface area (Å²) in [6.45, 7) is 9.97. The van der Waals surface area contributed by atoms with Crippen molar-refractivity contribution in [2.24, 2.45) is 5.92 Å². The molecular formula is C16H28N2S2. The Bertz CT molecular complexity index is 407. The minimum atomic E-state index is 0.538. The SMILES string of the molecule is CC(C)Cc1nc(C2CCCCS2)sc1CNC(C)C. The van der Waals surface area contributed by atoms with Gasteiger partial charge in [0.2, 0.25) is 0 Å². The molecule has 1 aromatic rings. The summed E-state index contributed by atoms with van der Waals surface area (Å²) in [5.41, 5.74) is 1.35. The first-order chi connectivity index (χ1) is 9.56. The summed E-state index contributed by atoms with van der Waals surface area (Å²) < 4.78 is 0. The fraction of sp³-hybridized carbons (Fsp3) is 0.812. The fourth-order valence-corrected chi connectivity index (χ4v) is 5.05. The van der Waals surface area contributed by atoms with E-state index < -0.39 is 0 Å². The molecule has 0 amide bonds. The second kappa shape index (κ2) is 7.81. The van der Waals surface area contributed by atoms with Gasteiger partial charge in [-0.1, -0.05) is 34.1 Å². The van der Waals surface area contributed by atoms with Crippen molar-refractivity contribution >= 4 is 23.1 Å². The largest absolute Gasteiger partial charge is 0.310 e. The smallest absolute Gasteiger partial charge is 0.106 e. The molecule has 1 atom stereocenters. The van der Waals surface area contributed by atoms with Crippen molar-refractivity contribution in [2.75, 3.05) is 5.75 Å². The quantitative estimate of drug-likeness (QED) is 0.817. The lowest BCUT2D eigenvalue weighted by atomic mass is 10.1. The molecule has 1 aliphatic rings. The van der Waals surface area contributed by atoms with Gasteiger partial charge in [0.25, 0.3) is 0 Å². The van der Waals surface area contributed by atoms with Crippen molar-refractivity contribution in [2.45, 2.75) is 71.2 Å². The average molecular weight is 313 g/mol. The van der Waals surface area contributed by atoms with Crippen molar-refractivity contribution < 1.29 is 0 Å². The molecule has 0 spiro atoms. The molecule has 0 saturated carbocycles. The van der Waals surface area contributed by atoms with E-state index in [9.17, 15) is 0 Å². The molecule has 0 aliphatic carbocycles. The first kappa shape index (κ1) is 16.3. The number of hydrogen-bond donors (Lipinski definition) is 1. The third-order valence-electron chi connectivity index (χ3n) is 3.52. The third-order valence-corrected chi connectivity index (χ3v) is 6.27. The molecule has 0 radical (unpaired) electrons. The van der Waals surface area contributed by atoms with Gasteiger partial charge in [0.15, 0.2) is 0 Å². The molecule has 1 N–H and O–H groups in total. The standard InChI is InChI=1S/C16H28N2S2/c1-11(2)9-13-15(10-17-12(3)4)20-16(18-13)14-7-5-6-8-19-14/h11-12,14,17H,5-10H2,1-4H3. The van der Waals surface area contributed by atoms with E-state index in [0.29, 0.717) is 17.2 Å². The van der Waals surface area contributed by atoms with E-state index >= 15 is 0 Å². The molecule has 2 nitrogen and oxygen atoms in total. The Balaban J connectivity index is 2.12. The maximum Gasteiger partial charge on any atom is 0.106 e. The van der Waals surface area contributed by atoms with Gasteiger partial charge in [-0.2, -0.15) is 11.8 Å². The van der Waals surface area contributed by atoms with E-state index in [1.165, 1.54) is 40.6 Å². The van der Waals surface area contributed by atoms with Crippen molar-refractivity contribution in [3.8, 4) is 0 Å². The first-order valence-electron chi connectivity index (χ1n) is 7.89. The van der Waals surface area contributed by atoms with Gasteiger partial charge in [-0.25, -0.2) is 4.98 Å². The van der Waals surface area contributed by atoms with Crippen LogP contribution in [0.25, 0.3) is 0 Å². The molecule has 1 unspecified atom stereocenters. The first-order valence-corrected chi connectivity index (χ1v) is 9.76. The molecule has 0 bridgehead atoms. The Labute approximate surface area is 132 Å². The molecule has 2 rings (SSSR count). The highest BCUT2D eigenvalue weighted by Crippen LogP contribution is 2.41. The van der Waals surface area contributed by atoms with E-state index in [0.717, 1.165) is 13.0 Å². The Hall–Kier alpha value is -0.0600. The molecule has 0 aromatic carbocycles. The van der Waals surface area contributed by atoms with Gasteiger partial charge in [-0.15, -0.1) is 11.3 Å². The zero-order chi connectivity index (χ0) is 14.5. The average Bonchev–Trinajstić information content (AvgIpc) is 2.80. The van der Waals surface area contributed by atoms with E-state index in [4.69, 9.17) is 4.98 Å². The van der Waals surface area contributed by atoms with Crippen LogP contribution in [-0.4, -0.2) is 16.8 Å². The summed E-state index contributed by atoms with van der Waals surface area (Å²) in [5.74, 6) is 1.99. The minimum Gasteiger partial charge on any atom is -0.310 e. The number of thioether (sulfide) groups is 1. The maximum absolute atomic E-state index is 5.01. The molecule has 1 saturated heterocycles. The van der Waals surface area contributed by atoms with Crippen LogP contribution in [-0.2, 0) is 13.0 Å². The number of rotatable bonds is 6. The predicted molar refractivity (Wildman–Crippen MR) is 91.7 cm³/mol. The van der Waals surface area contributed by atoms with E-state index in [1.807, 2.05) is 11.3 Å². The van der Waals surface area contributed by atoms with Gasteiger partial charge in [0.1, 0.15) is 5.01 Å². The number of thiazole rings is 1. The molecular weight excluding hydrogens is 284 g/mol. The van der Waals surface area contributed by atoms with Crippen LogP contribution in [0.15, 0.2) is 0 Å². The van der Waals surface area contributed by atoms with Crippen LogP contribution in [0.5, 0.6) is 0 Å². The fourth-order valence-electron chi connectivity index (χ4n) is 2.46. The van der Waals surface area contributed by atoms with Gasteiger partial charge in [0, 0.05) is 17.5 Å². The number of nitrogens with zero attached hydrogens (tertiary/aromatic N) is 1. The van der Waals surface area contributed by atoms with Crippen molar-refractivity contribution in [1.82, 2.24) is 10.3 Å². The second-order valence-electron chi connectivity index (χ2n) is 6.41. The summed E-state index contributed by atoms with van der Waals surface area (Å²) in [5, 5.41) is 5.60. The number of nitrogens with one attached hydrogen (secondary N) is 1. The van der Waals surface area contributed by atoms with Crippen LogP contribution in [0.2, 0.25) is 0 Å². The lowest BCUT2D eigenvalue weighted by Gasteiger charge is -2.18. The van der Waals surface area contributed by atoms with Gasteiger partial charge >= 0.3 is 0 Å². The highest BCUT2D eigenvalue weighted by Gasteiger charge is 2.22. The van der Waals surface area contributed by atoms with Gasteiger partial charge in [0.05, 0.1) is 10.9 Å². The molecule has 1 fully saturated rings. The van der Waals surface area contributed by atoms with E-state index in [1.54, 1.807) is 0 Å². The second-order valence-corrected chi connectivity index (χ2v) is 8.84. The van der Waals surface area contributed by atoms with Gasteiger partial charge in [-0.3, -0.25) is 0 Å². The topological polar surface area (TPSA) is 24.9 Å². The van der Waals surface area contributed by atoms with E-state index in [2.05, 4.69) is 44.8 Å². The van der Waals surface area contributed by atoms with Crippen LogP contribution >= 0.6 is 23.1 Å². The minimum absolute atomic E-state index is 0.538. The third kappa shape index (κ3) is 4.74. The van der Waals surface area contributed by atoms with Crippen molar-refractivity contribution in [3.63, 3.8) is 0 Å². The summed E-state index contributed by atoms with van der Waals surface area (Å²) in [6.07, 6.45) is 5.18. The molecule has 114 valence electrons. The summed E-state index contributed by atoms with van der Waals surface area (Å²) in [6, 6.07) is 0.538. The van der Waals surface area contributed by atoms with Crippen molar-refractivity contribution in [1.29, 1.82) is 0 Å². The van der Waals surface area contributed by atoms with Gasteiger partial charge in [-0.05, 0) is 30.9 Å². The zero-order valence-corrected chi connectivity index (χ0v) is 14.9. The van der Waals surface area contributed by atoms with Crippen LogP contribution in [0.3, 0.4) is 0 Å². The summed E-state index contributed by atoms with van der Waals surface area (Å²) in [4.78, 5) is 6.48. The molecule has 1 aliphatic heterocycles. The van der Waals surface area contributed by atoms with Crippen LogP contribution in [0, 0.1) is 5.92 Å².